The molecule has 1 heterocycles. The Morgan fingerprint density at radius 3 is 2.40 bits per heavy atom. The molecule has 0 unspecified atom stereocenters. The van der Waals surface area contributed by atoms with Crippen LogP contribution in [-0.4, -0.2) is 38.3 Å². The zero-order valence-corrected chi connectivity index (χ0v) is 18.3. The van der Waals surface area contributed by atoms with Gasteiger partial charge < -0.3 is 10.1 Å². The summed E-state index contributed by atoms with van der Waals surface area (Å²) < 4.78 is 32.6. The number of sulfonamides is 1. The number of benzene rings is 2. The van der Waals surface area contributed by atoms with Crippen LogP contribution in [0.1, 0.15) is 55.8 Å². The molecule has 3 rings (SSSR count). The van der Waals surface area contributed by atoms with Crippen LogP contribution in [0.15, 0.2) is 53.4 Å². The van der Waals surface area contributed by atoms with E-state index in [9.17, 15) is 13.2 Å². The first-order valence-corrected chi connectivity index (χ1v) is 12.1. The van der Waals surface area contributed by atoms with E-state index in [0.29, 0.717) is 36.7 Å². The van der Waals surface area contributed by atoms with Gasteiger partial charge in [0.1, 0.15) is 5.75 Å². The van der Waals surface area contributed by atoms with Gasteiger partial charge >= 0.3 is 0 Å². The minimum absolute atomic E-state index is 0.248. The average Bonchev–Trinajstić information content (AvgIpc) is 3.30. The number of carbonyl (C=O) groups excluding carboxylic acids is 1. The van der Waals surface area contributed by atoms with Crippen LogP contribution >= 0.6 is 0 Å². The van der Waals surface area contributed by atoms with E-state index in [4.69, 9.17) is 4.74 Å². The van der Waals surface area contributed by atoms with Crippen LogP contribution in [-0.2, 0) is 10.0 Å². The Morgan fingerprint density at radius 2 is 1.70 bits per heavy atom. The summed E-state index contributed by atoms with van der Waals surface area (Å²) in [6, 6.07) is 13.5. The lowest BCUT2D eigenvalue weighted by Gasteiger charge is -2.16. The van der Waals surface area contributed by atoms with Crippen molar-refractivity contribution in [3.63, 3.8) is 0 Å². The van der Waals surface area contributed by atoms with Gasteiger partial charge in [0.15, 0.2) is 0 Å². The minimum Gasteiger partial charge on any atom is -0.493 e. The Hall–Kier alpha value is -2.38. The number of rotatable bonds is 10. The van der Waals surface area contributed by atoms with Crippen LogP contribution in [0.3, 0.4) is 0 Å². The highest BCUT2D eigenvalue weighted by Crippen LogP contribution is 2.24. The lowest BCUT2D eigenvalue weighted by atomic mass is 10.1. The predicted octanol–water partition coefficient (Wildman–Crippen LogP) is 4.68. The van der Waals surface area contributed by atoms with Gasteiger partial charge in [-0.15, -0.1) is 0 Å². The number of anilines is 1. The molecule has 2 aromatic carbocycles. The van der Waals surface area contributed by atoms with Crippen LogP contribution in [0.5, 0.6) is 5.75 Å². The highest BCUT2D eigenvalue weighted by atomic mass is 32.2. The number of ether oxygens (including phenoxy) is 1. The van der Waals surface area contributed by atoms with Crippen LogP contribution < -0.4 is 10.1 Å². The van der Waals surface area contributed by atoms with E-state index in [2.05, 4.69) is 12.2 Å². The number of hydrogen-bond donors (Lipinski definition) is 1. The first-order chi connectivity index (χ1) is 14.5. The fourth-order valence-corrected chi connectivity index (χ4v) is 4.99. The van der Waals surface area contributed by atoms with Crippen molar-refractivity contribution >= 4 is 21.6 Å². The van der Waals surface area contributed by atoms with Gasteiger partial charge in [-0.1, -0.05) is 38.3 Å². The zero-order valence-electron chi connectivity index (χ0n) is 17.5. The quantitative estimate of drug-likeness (QED) is 0.555. The molecular formula is C23H30N2O4S. The molecule has 1 amide bonds. The van der Waals surface area contributed by atoms with Crippen molar-refractivity contribution in [3.05, 3.63) is 54.1 Å². The van der Waals surface area contributed by atoms with Gasteiger partial charge in [-0.3, -0.25) is 4.79 Å². The molecule has 6 nitrogen and oxygen atoms in total. The van der Waals surface area contributed by atoms with Crippen molar-refractivity contribution in [2.24, 2.45) is 0 Å². The van der Waals surface area contributed by atoms with E-state index < -0.39 is 10.0 Å². The van der Waals surface area contributed by atoms with Crippen LogP contribution in [0, 0.1) is 0 Å². The molecule has 1 aliphatic heterocycles. The zero-order chi connectivity index (χ0) is 21.4. The number of nitrogens with one attached hydrogen (secondary N) is 1. The van der Waals surface area contributed by atoms with Crippen LogP contribution in [0.25, 0.3) is 0 Å². The first kappa shape index (κ1) is 22.3. The summed E-state index contributed by atoms with van der Waals surface area (Å²) in [7, 11) is -3.46. The summed E-state index contributed by atoms with van der Waals surface area (Å²) in [4.78, 5) is 13.0. The Balaban J connectivity index is 1.63. The normalized spacial score (nSPS) is 14.6. The van der Waals surface area contributed by atoms with Gasteiger partial charge in [0, 0.05) is 18.8 Å². The number of para-hydroxylation sites is 1. The second-order valence-electron chi connectivity index (χ2n) is 7.49. The summed E-state index contributed by atoms with van der Waals surface area (Å²) in [5.74, 6) is 0.272. The standard InChI is InChI=1S/C23H30N2O4S/c1-2-3-4-9-18-29-22-11-6-5-10-21(22)23(26)24-19-12-14-20(15-13-19)30(27,28)25-16-7-8-17-25/h5-6,10-15H,2-4,7-9,16-18H2,1H3,(H,24,26). The van der Waals surface area contributed by atoms with Gasteiger partial charge in [0.05, 0.1) is 17.1 Å². The number of amides is 1. The summed E-state index contributed by atoms with van der Waals surface area (Å²) in [6.45, 7) is 3.87. The molecule has 0 aliphatic carbocycles. The number of nitrogens with zero attached hydrogens (tertiary/aromatic N) is 1. The maximum Gasteiger partial charge on any atom is 0.259 e. The Bertz CT molecular complexity index is 936. The van der Waals surface area contributed by atoms with Crippen LogP contribution in [0.4, 0.5) is 5.69 Å². The van der Waals surface area contributed by atoms with Gasteiger partial charge in [0.2, 0.25) is 10.0 Å². The molecule has 1 saturated heterocycles. The third-order valence-electron chi connectivity index (χ3n) is 5.20. The largest absolute Gasteiger partial charge is 0.493 e. The maximum atomic E-state index is 12.7. The topological polar surface area (TPSA) is 75.7 Å². The molecule has 2 aromatic rings. The van der Waals surface area contributed by atoms with E-state index in [1.54, 1.807) is 42.5 Å². The smallest absolute Gasteiger partial charge is 0.259 e. The highest BCUT2D eigenvalue weighted by Gasteiger charge is 2.27. The molecule has 0 radical (unpaired) electrons. The molecule has 0 spiro atoms. The van der Waals surface area contributed by atoms with Crippen molar-refractivity contribution in [3.8, 4) is 5.75 Å². The molecule has 0 saturated carbocycles. The molecule has 30 heavy (non-hydrogen) atoms. The van der Waals surface area contributed by atoms with E-state index in [0.717, 1.165) is 32.1 Å². The van der Waals surface area contributed by atoms with E-state index in [1.165, 1.54) is 10.7 Å². The van der Waals surface area contributed by atoms with E-state index >= 15 is 0 Å². The van der Waals surface area contributed by atoms with E-state index in [-0.39, 0.29) is 10.8 Å². The van der Waals surface area contributed by atoms with Crippen molar-refractivity contribution in [1.29, 1.82) is 0 Å². The third-order valence-corrected chi connectivity index (χ3v) is 7.12. The van der Waals surface area contributed by atoms with Gasteiger partial charge in [-0.25, -0.2) is 8.42 Å². The minimum atomic E-state index is -3.46. The summed E-state index contributed by atoms with van der Waals surface area (Å²) in [6.07, 6.45) is 6.20. The fraction of sp³-hybridized carbons (Fsp3) is 0.435. The first-order valence-electron chi connectivity index (χ1n) is 10.7. The molecular weight excluding hydrogens is 400 g/mol. The molecule has 0 aromatic heterocycles. The Morgan fingerprint density at radius 1 is 1.00 bits per heavy atom. The third kappa shape index (κ3) is 5.61. The van der Waals surface area contributed by atoms with Crippen molar-refractivity contribution in [1.82, 2.24) is 4.31 Å². The van der Waals surface area contributed by atoms with Gasteiger partial charge in [-0.05, 0) is 55.7 Å². The van der Waals surface area contributed by atoms with Crippen molar-refractivity contribution in [2.45, 2.75) is 50.3 Å². The lowest BCUT2D eigenvalue weighted by molar-refractivity contribution is 0.102. The second kappa shape index (κ2) is 10.6. The van der Waals surface area contributed by atoms with Gasteiger partial charge in [-0.2, -0.15) is 4.31 Å². The van der Waals surface area contributed by atoms with Crippen LogP contribution in [0.2, 0.25) is 0 Å². The second-order valence-corrected chi connectivity index (χ2v) is 9.43. The molecule has 1 aliphatic rings. The highest BCUT2D eigenvalue weighted by molar-refractivity contribution is 7.89. The molecule has 7 heteroatoms. The number of carbonyl (C=O) groups is 1. The lowest BCUT2D eigenvalue weighted by Crippen LogP contribution is -2.27. The molecule has 0 atom stereocenters. The summed E-state index contributed by atoms with van der Waals surface area (Å²) >= 11 is 0. The monoisotopic (exact) mass is 430 g/mol. The Kier molecular flexibility index (Phi) is 7.87. The SMILES string of the molecule is CCCCCCOc1ccccc1C(=O)Nc1ccc(S(=O)(=O)N2CCCC2)cc1. The predicted molar refractivity (Wildman–Crippen MR) is 118 cm³/mol. The molecule has 1 N–H and O–H groups in total. The van der Waals surface area contributed by atoms with Gasteiger partial charge in [0.25, 0.3) is 5.91 Å². The number of hydrogen-bond acceptors (Lipinski definition) is 4. The summed E-state index contributed by atoms with van der Waals surface area (Å²) in [5, 5.41) is 2.83. The molecule has 162 valence electrons. The summed E-state index contributed by atoms with van der Waals surface area (Å²) in [5.41, 5.74) is 1.000. The maximum absolute atomic E-state index is 12.7. The number of unbranched alkanes of at least 4 members (excludes halogenated alkanes) is 3. The van der Waals surface area contributed by atoms with Crippen molar-refractivity contribution in [2.75, 3.05) is 25.0 Å². The molecule has 1 fully saturated rings. The molecule has 0 bridgehead atoms. The fourth-order valence-electron chi connectivity index (χ4n) is 3.48. The average molecular weight is 431 g/mol. The van der Waals surface area contributed by atoms with Crippen molar-refractivity contribution < 1.29 is 17.9 Å². The van der Waals surface area contributed by atoms with E-state index in [1.807, 2.05) is 6.07 Å². The Labute approximate surface area is 179 Å².